The van der Waals surface area contributed by atoms with E-state index in [1.807, 2.05) is 19.1 Å². The first-order valence-electron chi connectivity index (χ1n) is 11.2. The highest BCUT2D eigenvalue weighted by atomic mass is 32.2. The van der Waals surface area contributed by atoms with Gasteiger partial charge in [-0.1, -0.05) is 0 Å². The second-order valence-corrected chi connectivity index (χ2v) is 9.35. The van der Waals surface area contributed by atoms with Crippen LogP contribution in [0.25, 0.3) is 0 Å². The molecule has 0 aliphatic heterocycles. The number of carbonyl (C=O) groups excluding carboxylic acids is 1. The zero-order valence-electron chi connectivity index (χ0n) is 20.0. The molecule has 1 aromatic heterocycles. The Morgan fingerprint density at radius 2 is 1.77 bits per heavy atom. The van der Waals surface area contributed by atoms with Gasteiger partial charge in [0, 0.05) is 19.0 Å². The second-order valence-electron chi connectivity index (χ2n) is 7.49. The standard InChI is InChI=1S/C25H30N2O7S/c1-4-33-21-11-9-19(10-12-21)27(18-25(28)26-15-5-7-20-8-6-16-34-20)35(29,30)22-13-14-23(31-2)24(17-22)32-3/h6,8-14,16-17H,4-5,7,15,18H2,1-3H3,(H,26,28). The van der Waals surface area contributed by atoms with E-state index in [9.17, 15) is 13.2 Å². The molecule has 1 N–H and O–H groups in total. The first kappa shape index (κ1) is 26.0. The van der Waals surface area contributed by atoms with E-state index in [2.05, 4.69) is 5.32 Å². The van der Waals surface area contributed by atoms with Gasteiger partial charge in [0.2, 0.25) is 5.91 Å². The quantitative estimate of drug-likeness (QED) is 0.356. The van der Waals surface area contributed by atoms with Crippen LogP contribution in [-0.4, -0.2) is 48.2 Å². The van der Waals surface area contributed by atoms with Gasteiger partial charge in [-0.3, -0.25) is 9.10 Å². The van der Waals surface area contributed by atoms with E-state index in [0.717, 1.165) is 10.1 Å². The van der Waals surface area contributed by atoms with Crippen LogP contribution < -0.4 is 23.8 Å². The van der Waals surface area contributed by atoms with Gasteiger partial charge in [-0.2, -0.15) is 0 Å². The van der Waals surface area contributed by atoms with Crippen LogP contribution in [-0.2, 0) is 21.2 Å². The van der Waals surface area contributed by atoms with Gasteiger partial charge in [0.05, 0.1) is 37.7 Å². The summed E-state index contributed by atoms with van der Waals surface area (Å²) >= 11 is 0. The number of hydrogen-bond donors (Lipinski definition) is 1. The number of carbonyl (C=O) groups is 1. The Balaban J connectivity index is 1.82. The van der Waals surface area contributed by atoms with Gasteiger partial charge < -0.3 is 23.9 Å². The number of nitrogens with one attached hydrogen (secondary N) is 1. The Kier molecular flexibility index (Phi) is 9.02. The molecule has 0 aliphatic rings. The van der Waals surface area contributed by atoms with Crippen molar-refractivity contribution in [2.45, 2.75) is 24.7 Å². The highest BCUT2D eigenvalue weighted by Gasteiger charge is 2.28. The predicted molar refractivity (Wildman–Crippen MR) is 132 cm³/mol. The lowest BCUT2D eigenvalue weighted by Crippen LogP contribution is -2.41. The van der Waals surface area contributed by atoms with E-state index < -0.39 is 22.5 Å². The van der Waals surface area contributed by atoms with Crippen LogP contribution in [0.3, 0.4) is 0 Å². The third kappa shape index (κ3) is 6.69. The van der Waals surface area contributed by atoms with E-state index in [1.165, 1.54) is 32.4 Å². The average molecular weight is 503 g/mol. The second kappa shape index (κ2) is 12.2. The molecule has 0 atom stereocenters. The highest BCUT2D eigenvalue weighted by molar-refractivity contribution is 7.92. The molecule has 0 unspecified atom stereocenters. The Morgan fingerprint density at radius 3 is 2.40 bits per heavy atom. The SMILES string of the molecule is CCOc1ccc(N(CC(=O)NCCCc2ccco2)S(=O)(=O)c2ccc(OC)c(OC)c2)cc1. The number of benzene rings is 2. The average Bonchev–Trinajstić information content (AvgIpc) is 3.39. The summed E-state index contributed by atoms with van der Waals surface area (Å²) in [5.74, 6) is 1.66. The number of nitrogens with zero attached hydrogens (tertiary/aromatic N) is 1. The minimum absolute atomic E-state index is 0.0327. The highest BCUT2D eigenvalue weighted by Crippen LogP contribution is 2.32. The summed E-state index contributed by atoms with van der Waals surface area (Å²) in [6.45, 7) is 2.32. The van der Waals surface area contributed by atoms with Gasteiger partial charge >= 0.3 is 0 Å². The predicted octanol–water partition coefficient (Wildman–Crippen LogP) is 3.64. The molecule has 0 spiro atoms. The van der Waals surface area contributed by atoms with Gasteiger partial charge in [0.1, 0.15) is 18.1 Å². The third-order valence-corrected chi connectivity index (χ3v) is 6.94. The lowest BCUT2D eigenvalue weighted by Gasteiger charge is -2.24. The van der Waals surface area contributed by atoms with Crippen LogP contribution >= 0.6 is 0 Å². The monoisotopic (exact) mass is 502 g/mol. The van der Waals surface area contributed by atoms with Gasteiger partial charge in [-0.15, -0.1) is 0 Å². The first-order chi connectivity index (χ1) is 16.9. The molecule has 3 aromatic rings. The fourth-order valence-corrected chi connectivity index (χ4v) is 4.86. The van der Waals surface area contributed by atoms with Crippen molar-refractivity contribution in [1.82, 2.24) is 5.32 Å². The summed E-state index contributed by atoms with van der Waals surface area (Å²) in [5.41, 5.74) is 0.328. The molecule has 10 heteroatoms. The number of amides is 1. The lowest BCUT2D eigenvalue weighted by molar-refractivity contribution is -0.119. The molecule has 0 saturated carbocycles. The van der Waals surface area contributed by atoms with Crippen LogP contribution in [0.5, 0.6) is 17.2 Å². The van der Waals surface area contributed by atoms with Crippen molar-refractivity contribution in [3.8, 4) is 17.2 Å². The molecule has 0 bridgehead atoms. The van der Waals surface area contributed by atoms with E-state index in [4.69, 9.17) is 18.6 Å². The largest absolute Gasteiger partial charge is 0.494 e. The zero-order chi connectivity index (χ0) is 25.3. The van der Waals surface area contributed by atoms with Crippen molar-refractivity contribution >= 4 is 21.6 Å². The van der Waals surface area contributed by atoms with Crippen molar-refractivity contribution in [2.24, 2.45) is 0 Å². The van der Waals surface area contributed by atoms with Crippen molar-refractivity contribution in [3.63, 3.8) is 0 Å². The number of furan rings is 1. The summed E-state index contributed by atoms with van der Waals surface area (Å²) in [5, 5.41) is 2.79. The Hall–Kier alpha value is -3.66. The van der Waals surface area contributed by atoms with Crippen LogP contribution in [0.15, 0.2) is 70.2 Å². The molecule has 0 aliphatic carbocycles. The number of hydrogen-bond acceptors (Lipinski definition) is 7. The first-order valence-corrected chi connectivity index (χ1v) is 12.6. The van der Waals surface area contributed by atoms with Crippen LogP contribution in [0.1, 0.15) is 19.1 Å². The van der Waals surface area contributed by atoms with E-state index in [0.29, 0.717) is 43.2 Å². The van der Waals surface area contributed by atoms with E-state index in [-0.39, 0.29) is 10.6 Å². The summed E-state index contributed by atoms with van der Waals surface area (Å²) in [7, 11) is -1.22. The van der Waals surface area contributed by atoms with Crippen molar-refractivity contribution in [1.29, 1.82) is 0 Å². The number of methoxy groups -OCH3 is 2. The molecule has 0 radical (unpaired) electrons. The molecule has 0 fully saturated rings. The molecule has 35 heavy (non-hydrogen) atoms. The maximum atomic E-state index is 13.6. The molecule has 0 saturated heterocycles. The lowest BCUT2D eigenvalue weighted by atomic mass is 10.2. The van der Waals surface area contributed by atoms with Crippen molar-refractivity contribution in [2.75, 3.05) is 38.2 Å². The number of sulfonamides is 1. The molecule has 1 amide bonds. The number of anilines is 1. The fraction of sp³-hybridized carbons (Fsp3) is 0.320. The molecule has 188 valence electrons. The topological polar surface area (TPSA) is 107 Å². The van der Waals surface area contributed by atoms with Crippen LogP contribution in [0.2, 0.25) is 0 Å². The molecule has 2 aromatic carbocycles. The van der Waals surface area contributed by atoms with Gasteiger partial charge in [-0.25, -0.2) is 8.42 Å². The summed E-state index contributed by atoms with van der Waals surface area (Å²) < 4.78 is 49.6. The number of rotatable bonds is 13. The van der Waals surface area contributed by atoms with Crippen molar-refractivity contribution < 1.29 is 31.8 Å². The fourth-order valence-electron chi connectivity index (χ4n) is 3.43. The maximum Gasteiger partial charge on any atom is 0.264 e. The van der Waals surface area contributed by atoms with Gasteiger partial charge in [-0.05, 0) is 61.9 Å². The minimum Gasteiger partial charge on any atom is -0.494 e. The number of ether oxygens (including phenoxy) is 3. The Bertz CT molecular complexity index is 1190. The zero-order valence-corrected chi connectivity index (χ0v) is 20.8. The van der Waals surface area contributed by atoms with Gasteiger partial charge in [0.15, 0.2) is 11.5 Å². The summed E-state index contributed by atoms with van der Waals surface area (Å²) in [6.07, 6.45) is 2.92. The molecule has 9 nitrogen and oxygen atoms in total. The Labute approximate surface area is 205 Å². The van der Waals surface area contributed by atoms with Gasteiger partial charge in [0.25, 0.3) is 10.0 Å². The van der Waals surface area contributed by atoms with E-state index >= 15 is 0 Å². The summed E-state index contributed by atoms with van der Waals surface area (Å²) in [6, 6.07) is 14.5. The van der Waals surface area contributed by atoms with Crippen LogP contribution in [0, 0.1) is 0 Å². The van der Waals surface area contributed by atoms with Crippen molar-refractivity contribution in [3.05, 3.63) is 66.6 Å². The maximum absolute atomic E-state index is 13.6. The van der Waals surface area contributed by atoms with E-state index in [1.54, 1.807) is 30.5 Å². The molecule has 1 heterocycles. The normalized spacial score (nSPS) is 11.1. The summed E-state index contributed by atoms with van der Waals surface area (Å²) in [4.78, 5) is 12.7. The minimum atomic E-state index is -4.12. The number of aryl methyl sites for hydroxylation is 1. The third-order valence-electron chi connectivity index (χ3n) is 5.17. The molecular weight excluding hydrogens is 472 g/mol. The van der Waals surface area contributed by atoms with Crippen LogP contribution in [0.4, 0.5) is 5.69 Å². The molecule has 3 rings (SSSR count). The smallest absolute Gasteiger partial charge is 0.264 e. The Morgan fingerprint density at radius 1 is 1.03 bits per heavy atom. The molecular formula is C25H30N2O7S.